The highest BCUT2D eigenvalue weighted by atomic mass is 14.4. The van der Waals surface area contributed by atoms with Crippen molar-refractivity contribution < 1.29 is 0 Å². The van der Waals surface area contributed by atoms with Gasteiger partial charge in [-0.15, -0.1) is 0 Å². The van der Waals surface area contributed by atoms with Crippen LogP contribution in [0.2, 0.25) is 0 Å². The zero-order chi connectivity index (χ0) is 23.6. The first kappa shape index (κ1) is 22.4. The van der Waals surface area contributed by atoms with Crippen molar-refractivity contribution in [1.82, 2.24) is 0 Å². The minimum atomic E-state index is 0.447. The number of benzene rings is 4. The molecule has 0 saturated heterocycles. The molecule has 0 aliphatic heterocycles. The summed E-state index contributed by atoms with van der Waals surface area (Å²) in [6.07, 6.45) is 9.37. The van der Waals surface area contributed by atoms with Crippen LogP contribution in [-0.2, 0) is 0 Å². The number of hydrogen-bond donors (Lipinski definition) is 0. The Morgan fingerprint density at radius 1 is 0.457 bits per heavy atom. The van der Waals surface area contributed by atoms with Gasteiger partial charge in [0.1, 0.15) is 0 Å². The van der Waals surface area contributed by atoms with Gasteiger partial charge in [0.25, 0.3) is 0 Å². The summed E-state index contributed by atoms with van der Waals surface area (Å²) in [6.45, 7) is 2.31. The maximum absolute atomic E-state index is 2.40. The van der Waals surface area contributed by atoms with Gasteiger partial charge >= 0.3 is 0 Å². The van der Waals surface area contributed by atoms with Gasteiger partial charge in [0.2, 0.25) is 0 Å². The lowest BCUT2D eigenvalue weighted by atomic mass is 9.70. The van der Waals surface area contributed by atoms with Gasteiger partial charge in [0, 0.05) is 11.8 Å². The second kappa shape index (κ2) is 9.86. The van der Waals surface area contributed by atoms with Crippen LogP contribution in [0.5, 0.6) is 0 Å². The predicted octanol–water partition coefficient (Wildman–Crippen LogP) is 9.98. The van der Waals surface area contributed by atoms with E-state index in [-0.39, 0.29) is 0 Å². The minimum absolute atomic E-state index is 0.447. The van der Waals surface area contributed by atoms with E-state index in [0.29, 0.717) is 17.8 Å². The molecule has 0 unspecified atom stereocenters. The molecular weight excluding hydrogens is 420 g/mol. The van der Waals surface area contributed by atoms with E-state index >= 15 is 0 Å². The summed E-state index contributed by atoms with van der Waals surface area (Å²) in [6, 6.07) is 36.8. The Bertz CT molecular complexity index is 1130. The molecule has 2 aliphatic rings. The molecule has 0 heterocycles. The van der Waals surface area contributed by atoms with E-state index in [2.05, 4.69) is 104 Å². The Labute approximate surface area is 211 Å². The third-order valence-corrected chi connectivity index (χ3v) is 8.51. The van der Waals surface area contributed by atoms with Crippen molar-refractivity contribution in [2.24, 2.45) is 5.92 Å². The molecule has 0 heteroatoms. The summed E-state index contributed by atoms with van der Waals surface area (Å²) in [5.41, 5.74) is 11.9. The molecule has 0 atom stereocenters. The quantitative estimate of drug-likeness (QED) is 0.220. The molecule has 6 rings (SSSR count). The van der Waals surface area contributed by atoms with Crippen LogP contribution in [0.4, 0.5) is 0 Å². The molecule has 176 valence electrons. The second-order valence-corrected chi connectivity index (χ2v) is 10.5. The summed E-state index contributed by atoms with van der Waals surface area (Å²) in [5.74, 6) is 1.44. The highest BCUT2D eigenvalue weighted by Crippen LogP contribution is 2.57. The molecule has 0 nitrogen and oxygen atoms in total. The van der Waals surface area contributed by atoms with Gasteiger partial charge in [-0.1, -0.05) is 143 Å². The van der Waals surface area contributed by atoms with E-state index in [1.807, 2.05) is 0 Å². The lowest BCUT2D eigenvalue weighted by Gasteiger charge is -2.32. The predicted molar refractivity (Wildman–Crippen MR) is 149 cm³/mol. The first-order valence-corrected chi connectivity index (χ1v) is 13.7. The van der Waals surface area contributed by atoms with Crippen LogP contribution >= 0.6 is 0 Å². The molecule has 35 heavy (non-hydrogen) atoms. The average molecular weight is 457 g/mol. The van der Waals surface area contributed by atoms with Crippen molar-refractivity contribution in [3.05, 3.63) is 119 Å². The van der Waals surface area contributed by atoms with Gasteiger partial charge in [-0.2, -0.15) is 0 Å². The fourth-order valence-electron chi connectivity index (χ4n) is 7.00. The lowest BCUT2D eigenvalue weighted by molar-refractivity contribution is 0.377. The topological polar surface area (TPSA) is 0 Å². The van der Waals surface area contributed by atoms with Crippen molar-refractivity contribution >= 4 is 0 Å². The Hall–Kier alpha value is -3.12. The summed E-state index contributed by atoms with van der Waals surface area (Å²) in [4.78, 5) is 0. The normalized spacial score (nSPS) is 14.1. The molecule has 2 aliphatic carbocycles. The SMILES string of the molecule is CCCCCCCCC(C1c2ccccc2-c2ccccc21)C1c2ccccc2-c2ccccc21. The first-order valence-electron chi connectivity index (χ1n) is 13.7. The highest BCUT2D eigenvalue weighted by Gasteiger charge is 2.42. The molecule has 0 fully saturated rings. The third-order valence-electron chi connectivity index (χ3n) is 8.51. The summed E-state index contributed by atoms with van der Waals surface area (Å²) in [5, 5.41) is 0. The van der Waals surface area contributed by atoms with Crippen LogP contribution < -0.4 is 0 Å². The summed E-state index contributed by atoms with van der Waals surface area (Å²) in [7, 11) is 0. The van der Waals surface area contributed by atoms with Gasteiger partial charge in [0.15, 0.2) is 0 Å². The fourth-order valence-corrected chi connectivity index (χ4v) is 7.00. The minimum Gasteiger partial charge on any atom is -0.0654 e. The van der Waals surface area contributed by atoms with Crippen molar-refractivity contribution in [3.63, 3.8) is 0 Å². The monoisotopic (exact) mass is 456 g/mol. The Balaban J connectivity index is 1.44. The van der Waals surface area contributed by atoms with Crippen LogP contribution in [0.15, 0.2) is 97.1 Å². The van der Waals surface area contributed by atoms with Gasteiger partial charge < -0.3 is 0 Å². The Kier molecular flexibility index (Phi) is 6.30. The molecule has 0 amide bonds. The van der Waals surface area contributed by atoms with E-state index in [9.17, 15) is 0 Å². The van der Waals surface area contributed by atoms with E-state index < -0.39 is 0 Å². The molecule has 0 aromatic heterocycles. The van der Waals surface area contributed by atoms with E-state index in [4.69, 9.17) is 0 Å². The zero-order valence-corrected chi connectivity index (χ0v) is 20.9. The number of fused-ring (bicyclic) bond motifs is 6. The number of hydrogen-bond acceptors (Lipinski definition) is 0. The molecule has 4 aromatic carbocycles. The standard InChI is InChI=1S/C35H36/c1-2-3-4-5-6-7-24-33(34-29-20-12-8-16-25(29)26-17-9-13-21-30(26)34)35-31-22-14-10-18-27(31)28-19-11-15-23-32(28)35/h8-23,33-35H,2-7,24H2,1H3. The zero-order valence-electron chi connectivity index (χ0n) is 20.9. The molecule has 0 spiro atoms. The summed E-state index contributed by atoms with van der Waals surface area (Å²) >= 11 is 0. The maximum Gasteiger partial charge on any atom is 0.0139 e. The van der Waals surface area contributed by atoms with Crippen molar-refractivity contribution in [2.45, 2.75) is 63.7 Å². The molecule has 0 bridgehead atoms. The molecule has 4 aromatic rings. The maximum atomic E-state index is 2.40. The van der Waals surface area contributed by atoms with E-state index in [1.165, 1.54) is 89.5 Å². The molecule has 0 saturated carbocycles. The van der Waals surface area contributed by atoms with Crippen LogP contribution in [0.3, 0.4) is 0 Å². The summed E-state index contributed by atoms with van der Waals surface area (Å²) < 4.78 is 0. The smallest absolute Gasteiger partial charge is 0.0139 e. The highest BCUT2D eigenvalue weighted by molar-refractivity contribution is 5.81. The van der Waals surface area contributed by atoms with Crippen molar-refractivity contribution in [1.29, 1.82) is 0 Å². The van der Waals surface area contributed by atoms with Crippen LogP contribution in [-0.4, -0.2) is 0 Å². The third kappa shape index (κ3) is 3.94. The fraction of sp³-hybridized carbons (Fsp3) is 0.314. The van der Waals surface area contributed by atoms with Gasteiger partial charge in [0.05, 0.1) is 0 Å². The van der Waals surface area contributed by atoms with E-state index in [0.717, 1.165) is 0 Å². The largest absolute Gasteiger partial charge is 0.0654 e. The van der Waals surface area contributed by atoms with Gasteiger partial charge in [-0.3, -0.25) is 0 Å². The Morgan fingerprint density at radius 2 is 0.800 bits per heavy atom. The Morgan fingerprint density at radius 3 is 1.20 bits per heavy atom. The number of rotatable bonds is 9. The van der Waals surface area contributed by atoms with Gasteiger partial charge in [-0.25, -0.2) is 0 Å². The van der Waals surface area contributed by atoms with Crippen LogP contribution in [0.1, 0.15) is 86.0 Å². The van der Waals surface area contributed by atoms with Crippen LogP contribution in [0.25, 0.3) is 22.3 Å². The molecule has 0 N–H and O–H groups in total. The molecule has 0 radical (unpaired) electrons. The molecular formula is C35H36. The first-order chi connectivity index (χ1) is 17.4. The lowest BCUT2D eigenvalue weighted by Crippen LogP contribution is -2.21. The van der Waals surface area contributed by atoms with E-state index in [1.54, 1.807) is 0 Å². The number of unbranched alkanes of at least 4 members (excludes halogenated alkanes) is 5. The second-order valence-electron chi connectivity index (χ2n) is 10.5. The van der Waals surface area contributed by atoms with Crippen molar-refractivity contribution in [2.75, 3.05) is 0 Å². The average Bonchev–Trinajstić information content (AvgIpc) is 3.42. The van der Waals surface area contributed by atoms with Crippen LogP contribution in [0, 0.1) is 5.92 Å². The van der Waals surface area contributed by atoms with Gasteiger partial charge in [-0.05, 0) is 56.8 Å². The van der Waals surface area contributed by atoms with Crippen molar-refractivity contribution in [3.8, 4) is 22.3 Å².